The minimum atomic E-state index is -0.0318. The number of nitrogens with zero attached hydrogens (tertiary/aromatic N) is 3. The summed E-state index contributed by atoms with van der Waals surface area (Å²) in [4.78, 5) is 14.4. The number of aryl methyl sites for hydroxylation is 1. The summed E-state index contributed by atoms with van der Waals surface area (Å²) in [5, 5.41) is 8.30. The van der Waals surface area contributed by atoms with Crippen LogP contribution in [0.5, 0.6) is 0 Å². The van der Waals surface area contributed by atoms with Gasteiger partial charge in [0.05, 0.1) is 22.3 Å². The number of likely N-dealkylation sites (tertiary alicyclic amines) is 1. The standard InChI is InChI=1S/C17H20Cl2N4O/c1-12-9-16(20-17(24)11-22-7-3-2-4-8-22)21-23(12)13-5-6-14(18)15(19)10-13/h5-6,9-10H,2-4,7-8,11H2,1H3,(H,20,21,24). The average Bonchev–Trinajstić information content (AvgIpc) is 2.91. The van der Waals surface area contributed by atoms with Gasteiger partial charge in [-0.15, -0.1) is 5.10 Å². The fourth-order valence-electron chi connectivity index (χ4n) is 2.92. The van der Waals surface area contributed by atoms with Crippen LogP contribution in [0.25, 0.3) is 5.69 Å². The van der Waals surface area contributed by atoms with E-state index < -0.39 is 0 Å². The second-order valence-corrected chi connectivity index (χ2v) is 6.88. The van der Waals surface area contributed by atoms with Crippen molar-refractivity contribution < 1.29 is 4.79 Å². The van der Waals surface area contributed by atoms with E-state index in [2.05, 4.69) is 15.3 Å². The smallest absolute Gasteiger partial charge is 0.239 e. The summed E-state index contributed by atoms with van der Waals surface area (Å²) in [6, 6.07) is 7.17. The van der Waals surface area contributed by atoms with Gasteiger partial charge in [0.15, 0.2) is 5.82 Å². The molecule has 1 fully saturated rings. The van der Waals surface area contributed by atoms with Gasteiger partial charge in [-0.25, -0.2) is 4.68 Å². The molecule has 2 aromatic rings. The number of carbonyl (C=O) groups excluding carboxylic acids is 1. The molecule has 0 saturated carbocycles. The van der Waals surface area contributed by atoms with E-state index in [1.54, 1.807) is 16.8 Å². The van der Waals surface area contributed by atoms with Crippen molar-refractivity contribution in [2.75, 3.05) is 25.0 Å². The lowest BCUT2D eigenvalue weighted by Crippen LogP contribution is -2.36. The third-order valence-corrected chi connectivity index (χ3v) is 4.86. The van der Waals surface area contributed by atoms with Crippen molar-refractivity contribution >= 4 is 34.9 Å². The second-order valence-electron chi connectivity index (χ2n) is 6.07. The zero-order valence-corrected chi connectivity index (χ0v) is 15.1. The number of rotatable bonds is 4. The van der Waals surface area contributed by atoms with E-state index in [4.69, 9.17) is 23.2 Å². The Labute approximate surface area is 151 Å². The summed E-state index contributed by atoms with van der Waals surface area (Å²) < 4.78 is 1.73. The van der Waals surface area contributed by atoms with Crippen LogP contribution in [0, 0.1) is 6.92 Å². The Kier molecular flexibility index (Phi) is 5.43. The lowest BCUT2D eigenvalue weighted by Gasteiger charge is -2.25. The van der Waals surface area contributed by atoms with E-state index in [0.29, 0.717) is 22.4 Å². The van der Waals surface area contributed by atoms with Crippen LogP contribution in [-0.4, -0.2) is 40.2 Å². The van der Waals surface area contributed by atoms with Crippen molar-refractivity contribution in [1.82, 2.24) is 14.7 Å². The van der Waals surface area contributed by atoms with Crippen LogP contribution in [-0.2, 0) is 4.79 Å². The maximum Gasteiger partial charge on any atom is 0.239 e. The van der Waals surface area contributed by atoms with Crippen LogP contribution >= 0.6 is 23.2 Å². The van der Waals surface area contributed by atoms with Gasteiger partial charge in [-0.1, -0.05) is 29.6 Å². The van der Waals surface area contributed by atoms with Crippen molar-refractivity contribution in [2.45, 2.75) is 26.2 Å². The number of amides is 1. The summed E-state index contributed by atoms with van der Waals surface area (Å²) in [6.07, 6.45) is 3.59. The second kappa shape index (κ2) is 7.55. The SMILES string of the molecule is Cc1cc(NC(=O)CN2CCCCC2)nn1-c1ccc(Cl)c(Cl)c1. The van der Waals surface area contributed by atoms with Crippen LogP contribution < -0.4 is 5.32 Å². The Morgan fingerprint density at radius 3 is 2.62 bits per heavy atom. The predicted molar refractivity (Wildman–Crippen MR) is 97.2 cm³/mol. The van der Waals surface area contributed by atoms with Crippen molar-refractivity contribution in [1.29, 1.82) is 0 Å². The van der Waals surface area contributed by atoms with Crippen molar-refractivity contribution in [3.05, 3.63) is 40.0 Å². The first-order valence-electron chi connectivity index (χ1n) is 8.07. The highest BCUT2D eigenvalue weighted by Crippen LogP contribution is 2.25. The highest BCUT2D eigenvalue weighted by molar-refractivity contribution is 6.42. The fourth-order valence-corrected chi connectivity index (χ4v) is 3.21. The summed E-state index contributed by atoms with van der Waals surface area (Å²) in [5.74, 6) is 0.510. The molecule has 1 saturated heterocycles. The molecule has 0 spiro atoms. The number of benzene rings is 1. The Balaban J connectivity index is 1.69. The molecular weight excluding hydrogens is 347 g/mol. The molecule has 2 heterocycles. The molecule has 128 valence electrons. The number of hydrogen-bond acceptors (Lipinski definition) is 3. The molecule has 0 bridgehead atoms. The van der Waals surface area contributed by atoms with Gasteiger partial charge >= 0.3 is 0 Å². The zero-order valence-electron chi connectivity index (χ0n) is 13.6. The quantitative estimate of drug-likeness (QED) is 0.891. The van der Waals surface area contributed by atoms with Gasteiger partial charge in [0.1, 0.15) is 0 Å². The molecule has 1 aliphatic heterocycles. The van der Waals surface area contributed by atoms with Gasteiger partial charge < -0.3 is 5.32 Å². The minimum absolute atomic E-state index is 0.0318. The Morgan fingerprint density at radius 1 is 1.17 bits per heavy atom. The van der Waals surface area contributed by atoms with E-state index in [1.807, 2.05) is 19.1 Å². The van der Waals surface area contributed by atoms with Gasteiger partial charge in [0.2, 0.25) is 5.91 Å². The molecule has 1 aromatic carbocycles. The fraction of sp³-hybridized carbons (Fsp3) is 0.412. The first kappa shape index (κ1) is 17.3. The lowest BCUT2D eigenvalue weighted by atomic mass is 10.1. The lowest BCUT2D eigenvalue weighted by molar-refractivity contribution is -0.117. The van der Waals surface area contributed by atoms with Crippen LogP contribution in [0.3, 0.4) is 0 Å². The number of halogens is 2. The van der Waals surface area contributed by atoms with E-state index >= 15 is 0 Å². The molecule has 0 radical (unpaired) electrons. The molecule has 1 aliphatic rings. The van der Waals surface area contributed by atoms with Crippen molar-refractivity contribution in [3.63, 3.8) is 0 Å². The topological polar surface area (TPSA) is 50.2 Å². The van der Waals surface area contributed by atoms with Crippen LogP contribution in [0.4, 0.5) is 5.82 Å². The molecule has 1 N–H and O–H groups in total. The van der Waals surface area contributed by atoms with E-state index in [1.165, 1.54) is 19.3 Å². The monoisotopic (exact) mass is 366 g/mol. The van der Waals surface area contributed by atoms with Crippen LogP contribution in [0.1, 0.15) is 25.0 Å². The Bertz CT molecular complexity index is 738. The normalized spacial score (nSPS) is 15.5. The summed E-state index contributed by atoms with van der Waals surface area (Å²) in [6.45, 7) is 4.32. The van der Waals surface area contributed by atoms with Gasteiger partial charge in [-0.3, -0.25) is 9.69 Å². The minimum Gasteiger partial charge on any atom is -0.308 e. The highest BCUT2D eigenvalue weighted by Gasteiger charge is 2.15. The summed E-state index contributed by atoms with van der Waals surface area (Å²) >= 11 is 12.0. The van der Waals surface area contributed by atoms with E-state index in [0.717, 1.165) is 24.5 Å². The maximum absolute atomic E-state index is 12.2. The Hall–Kier alpha value is -1.56. The predicted octanol–water partition coefficient (Wildman–Crippen LogP) is 3.91. The molecule has 3 rings (SSSR count). The Morgan fingerprint density at radius 2 is 1.92 bits per heavy atom. The third-order valence-electron chi connectivity index (χ3n) is 4.12. The van der Waals surface area contributed by atoms with E-state index in [-0.39, 0.29) is 5.91 Å². The summed E-state index contributed by atoms with van der Waals surface area (Å²) in [7, 11) is 0. The van der Waals surface area contributed by atoms with Gasteiger partial charge in [-0.05, 0) is 51.1 Å². The number of hydrogen-bond donors (Lipinski definition) is 1. The van der Waals surface area contributed by atoms with Gasteiger partial charge in [0.25, 0.3) is 0 Å². The summed E-state index contributed by atoms with van der Waals surface area (Å²) in [5.41, 5.74) is 1.71. The third kappa shape index (κ3) is 4.09. The van der Waals surface area contributed by atoms with Crippen LogP contribution in [0.15, 0.2) is 24.3 Å². The largest absolute Gasteiger partial charge is 0.308 e. The van der Waals surface area contributed by atoms with E-state index in [9.17, 15) is 4.79 Å². The number of anilines is 1. The molecule has 1 amide bonds. The average molecular weight is 367 g/mol. The maximum atomic E-state index is 12.2. The molecule has 0 aliphatic carbocycles. The molecule has 1 aromatic heterocycles. The first-order chi connectivity index (χ1) is 11.5. The highest BCUT2D eigenvalue weighted by atomic mass is 35.5. The zero-order chi connectivity index (χ0) is 17.1. The molecule has 5 nitrogen and oxygen atoms in total. The number of carbonyl (C=O) groups is 1. The molecule has 7 heteroatoms. The van der Waals surface area contributed by atoms with Crippen molar-refractivity contribution in [2.24, 2.45) is 0 Å². The molecular formula is C17H20Cl2N4O. The first-order valence-corrected chi connectivity index (χ1v) is 8.83. The van der Waals surface area contributed by atoms with Gasteiger partial charge in [0, 0.05) is 11.8 Å². The van der Waals surface area contributed by atoms with Crippen molar-refractivity contribution in [3.8, 4) is 5.69 Å². The van der Waals surface area contributed by atoms with Gasteiger partial charge in [-0.2, -0.15) is 0 Å². The number of piperidine rings is 1. The van der Waals surface area contributed by atoms with Crippen LogP contribution in [0.2, 0.25) is 10.0 Å². The number of aromatic nitrogens is 2. The molecule has 24 heavy (non-hydrogen) atoms. The molecule has 0 atom stereocenters. The number of nitrogens with one attached hydrogen (secondary N) is 1. The molecule has 0 unspecified atom stereocenters.